The van der Waals surface area contributed by atoms with Crippen molar-refractivity contribution < 1.29 is 22.7 Å². The van der Waals surface area contributed by atoms with Crippen LogP contribution in [0.2, 0.25) is 0 Å². The molecule has 0 aliphatic carbocycles. The molecule has 2 saturated heterocycles. The molecule has 2 amide bonds. The Balaban J connectivity index is 1.94. The second kappa shape index (κ2) is 6.54. The second-order valence-electron chi connectivity index (χ2n) is 8.16. The Morgan fingerprint density at radius 2 is 1.96 bits per heavy atom. The van der Waals surface area contributed by atoms with Gasteiger partial charge >= 0.3 is 6.09 Å². The average Bonchev–Trinajstić information content (AvgIpc) is 2.70. The zero-order valence-corrected chi connectivity index (χ0v) is 15.7. The Morgan fingerprint density at radius 1 is 1.29 bits per heavy atom. The summed E-state index contributed by atoms with van der Waals surface area (Å²) in [4.78, 5) is 26.3. The monoisotopic (exact) mass is 360 g/mol. The fraction of sp³-hybridized carbons (Fsp3) is 0.875. The van der Waals surface area contributed by atoms with E-state index in [0.29, 0.717) is 25.9 Å². The lowest BCUT2D eigenvalue weighted by molar-refractivity contribution is -0.128. The van der Waals surface area contributed by atoms with Gasteiger partial charge in [0.05, 0.1) is 23.0 Å². The highest BCUT2D eigenvalue weighted by Gasteiger charge is 2.41. The van der Waals surface area contributed by atoms with Gasteiger partial charge in [-0.15, -0.1) is 0 Å². The third kappa shape index (κ3) is 5.09. The van der Waals surface area contributed by atoms with E-state index in [4.69, 9.17) is 4.74 Å². The van der Waals surface area contributed by atoms with Crippen LogP contribution in [0.15, 0.2) is 0 Å². The van der Waals surface area contributed by atoms with E-state index in [-0.39, 0.29) is 23.3 Å². The molecule has 0 spiro atoms. The number of hydrogen-bond acceptors (Lipinski definition) is 5. The van der Waals surface area contributed by atoms with E-state index >= 15 is 0 Å². The summed E-state index contributed by atoms with van der Waals surface area (Å²) in [7, 11) is -3.07. The Kier molecular flexibility index (Phi) is 5.18. The van der Waals surface area contributed by atoms with Crippen LogP contribution < -0.4 is 5.32 Å². The fourth-order valence-corrected chi connectivity index (χ4v) is 5.29. The summed E-state index contributed by atoms with van der Waals surface area (Å²) in [6, 6.07) is 0. The summed E-state index contributed by atoms with van der Waals surface area (Å²) in [5, 5.41) is 2.89. The minimum absolute atomic E-state index is 0.0196. The van der Waals surface area contributed by atoms with Gasteiger partial charge in [-0.1, -0.05) is 0 Å². The lowest BCUT2D eigenvalue weighted by Gasteiger charge is -2.35. The van der Waals surface area contributed by atoms with Crippen molar-refractivity contribution in [2.75, 3.05) is 24.6 Å². The number of carbonyl (C=O) groups is 2. The molecule has 8 heteroatoms. The maximum Gasteiger partial charge on any atom is 0.410 e. The predicted molar refractivity (Wildman–Crippen MR) is 90.3 cm³/mol. The molecule has 2 aliphatic heterocycles. The molecule has 0 aromatic carbocycles. The molecule has 0 bridgehead atoms. The van der Waals surface area contributed by atoms with Gasteiger partial charge < -0.3 is 15.0 Å². The first-order valence-electron chi connectivity index (χ1n) is 8.40. The zero-order chi connectivity index (χ0) is 18.2. The number of likely N-dealkylation sites (tertiary alicyclic amines) is 1. The van der Waals surface area contributed by atoms with Crippen LogP contribution in [0.3, 0.4) is 0 Å². The summed E-state index contributed by atoms with van der Waals surface area (Å²) in [5.41, 5.74) is -1.28. The standard InChI is InChI=1S/C16H28N2O5S/c1-15(2,3)23-14(20)18-8-5-6-12(10-18)13(19)17-16(4)7-9-24(21,22)11-16/h12H,5-11H2,1-4H3,(H,17,19)/t12-,16-/m1/s1. The molecule has 0 aromatic heterocycles. The van der Waals surface area contributed by atoms with E-state index in [1.165, 1.54) is 0 Å². The molecule has 0 saturated carbocycles. The van der Waals surface area contributed by atoms with Gasteiger partial charge in [-0.25, -0.2) is 13.2 Å². The lowest BCUT2D eigenvalue weighted by Crippen LogP contribution is -2.53. The van der Waals surface area contributed by atoms with Gasteiger partial charge in [0, 0.05) is 13.1 Å². The summed E-state index contributed by atoms with van der Waals surface area (Å²) < 4.78 is 28.7. The molecule has 2 heterocycles. The number of piperidine rings is 1. The molecule has 1 N–H and O–H groups in total. The van der Waals surface area contributed by atoms with Crippen molar-refractivity contribution in [3.8, 4) is 0 Å². The predicted octanol–water partition coefficient (Wildman–Crippen LogP) is 1.33. The first kappa shape index (κ1) is 19.0. The third-order valence-corrected chi connectivity index (χ3v) is 6.28. The van der Waals surface area contributed by atoms with Crippen molar-refractivity contribution in [2.45, 2.75) is 58.1 Å². The number of sulfone groups is 1. The highest BCUT2D eigenvalue weighted by Crippen LogP contribution is 2.25. The van der Waals surface area contributed by atoms with Crippen LogP contribution in [-0.4, -0.2) is 61.1 Å². The van der Waals surface area contributed by atoms with Crippen LogP contribution in [0, 0.1) is 5.92 Å². The number of ether oxygens (including phenoxy) is 1. The number of carbonyl (C=O) groups excluding carboxylic acids is 2. The highest BCUT2D eigenvalue weighted by molar-refractivity contribution is 7.91. The molecular weight excluding hydrogens is 332 g/mol. The van der Waals surface area contributed by atoms with Crippen molar-refractivity contribution >= 4 is 21.8 Å². The number of amides is 2. The van der Waals surface area contributed by atoms with Crippen molar-refractivity contribution in [3.63, 3.8) is 0 Å². The third-order valence-electron chi connectivity index (χ3n) is 4.37. The summed E-state index contributed by atoms with van der Waals surface area (Å²) in [6.07, 6.45) is 1.44. The van der Waals surface area contributed by atoms with E-state index in [1.807, 2.05) is 0 Å². The maximum absolute atomic E-state index is 12.5. The molecular formula is C16H28N2O5S. The van der Waals surface area contributed by atoms with E-state index in [9.17, 15) is 18.0 Å². The Morgan fingerprint density at radius 3 is 2.50 bits per heavy atom. The molecule has 138 valence electrons. The first-order valence-corrected chi connectivity index (χ1v) is 10.2. The number of rotatable bonds is 2. The smallest absolute Gasteiger partial charge is 0.410 e. The largest absolute Gasteiger partial charge is 0.444 e. The first-order chi connectivity index (χ1) is 10.9. The Labute approximate surface area is 144 Å². The lowest BCUT2D eigenvalue weighted by atomic mass is 9.94. The van der Waals surface area contributed by atoms with Crippen LogP contribution in [-0.2, 0) is 19.4 Å². The van der Waals surface area contributed by atoms with Crippen LogP contribution in [0.1, 0.15) is 47.0 Å². The van der Waals surface area contributed by atoms with Gasteiger partial charge in [0.25, 0.3) is 0 Å². The minimum atomic E-state index is -3.07. The fourth-order valence-electron chi connectivity index (χ4n) is 3.19. The molecule has 0 aromatic rings. The SMILES string of the molecule is CC(C)(C)OC(=O)N1CCC[C@@H](C(=O)N[C@]2(C)CCS(=O)(=O)C2)C1. The van der Waals surface area contributed by atoms with Crippen molar-refractivity contribution in [1.82, 2.24) is 10.2 Å². The average molecular weight is 360 g/mol. The maximum atomic E-state index is 12.5. The summed E-state index contributed by atoms with van der Waals surface area (Å²) >= 11 is 0. The second-order valence-corrected chi connectivity index (χ2v) is 10.3. The number of nitrogens with one attached hydrogen (secondary N) is 1. The van der Waals surface area contributed by atoms with E-state index in [0.717, 1.165) is 6.42 Å². The van der Waals surface area contributed by atoms with Gasteiger partial charge in [-0.3, -0.25) is 4.79 Å². The summed E-state index contributed by atoms with van der Waals surface area (Å²) in [6.45, 7) is 8.07. The Bertz CT molecular complexity index is 610. The molecule has 0 unspecified atom stereocenters. The van der Waals surface area contributed by atoms with Crippen molar-refractivity contribution in [1.29, 1.82) is 0 Å². The van der Waals surface area contributed by atoms with Gasteiger partial charge in [0.2, 0.25) is 5.91 Å². The van der Waals surface area contributed by atoms with Crippen molar-refractivity contribution in [2.24, 2.45) is 5.92 Å². The topological polar surface area (TPSA) is 92.8 Å². The molecule has 2 atom stereocenters. The van der Waals surface area contributed by atoms with Gasteiger partial charge in [-0.2, -0.15) is 0 Å². The molecule has 2 aliphatic rings. The van der Waals surface area contributed by atoms with Crippen LogP contribution in [0.5, 0.6) is 0 Å². The van der Waals surface area contributed by atoms with Gasteiger partial charge in [0.15, 0.2) is 9.84 Å². The van der Waals surface area contributed by atoms with Crippen molar-refractivity contribution in [3.05, 3.63) is 0 Å². The minimum Gasteiger partial charge on any atom is -0.444 e. The highest BCUT2D eigenvalue weighted by atomic mass is 32.2. The summed E-state index contributed by atoms with van der Waals surface area (Å²) in [5.74, 6) is -0.415. The van der Waals surface area contributed by atoms with E-state index in [2.05, 4.69) is 5.32 Å². The van der Waals surface area contributed by atoms with Gasteiger partial charge in [-0.05, 0) is 47.0 Å². The molecule has 7 nitrogen and oxygen atoms in total. The molecule has 24 heavy (non-hydrogen) atoms. The van der Waals surface area contributed by atoms with Gasteiger partial charge in [0.1, 0.15) is 5.60 Å². The molecule has 2 rings (SSSR count). The van der Waals surface area contributed by atoms with E-state index < -0.39 is 27.1 Å². The van der Waals surface area contributed by atoms with E-state index in [1.54, 1.807) is 32.6 Å². The normalized spacial score (nSPS) is 30.0. The zero-order valence-electron chi connectivity index (χ0n) is 14.9. The number of nitrogens with zero attached hydrogens (tertiary/aromatic N) is 1. The Hall–Kier alpha value is -1.31. The molecule has 0 radical (unpaired) electrons. The quantitative estimate of drug-likeness (QED) is 0.802. The van der Waals surface area contributed by atoms with Crippen LogP contribution in [0.4, 0.5) is 4.79 Å². The molecule has 2 fully saturated rings. The van der Waals surface area contributed by atoms with Crippen LogP contribution >= 0.6 is 0 Å². The number of hydrogen-bond donors (Lipinski definition) is 1. The van der Waals surface area contributed by atoms with Crippen LogP contribution in [0.25, 0.3) is 0 Å².